The molecule has 0 radical (unpaired) electrons. The minimum absolute atomic E-state index is 0.590. The van der Waals surface area contributed by atoms with Crippen LogP contribution in [0.4, 0.5) is 5.69 Å². The van der Waals surface area contributed by atoms with Crippen molar-refractivity contribution in [1.29, 1.82) is 5.26 Å². The SMILES string of the molecule is N#Cc1cccc(N2CC=NC=C2N)c1. The van der Waals surface area contributed by atoms with E-state index in [1.807, 2.05) is 17.0 Å². The van der Waals surface area contributed by atoms with Gasteiger partial charge in [0.25, 0.3) is 0 Å². The minimum atomic E-state index is 0.590. The first-order chi connectivity index (χ1) is 7.31. The number of rotatable bonds is 1. The lowest BCUT2D eigenvalue weighted by atomic mass is 10.2. The monoisotopic (exact) mass is 198 g/mol. The molecule has 0 spiro atoms. The molecule has 0 saturated heterocycles. The number of anilines is 1. The molecule has 0 saturated carbocycles. The van der Waals surface area contributed by atoms with Gasteiger partial charge in [0.2, 0.25) is 0 Å². The van der Waals surface area contributed by atoms with Crippen LogP contribution in [0.15, 0.2) is 41.3 Å². The molecule has 1 aromatic rings. The Bertz CT molecular complexity index is 468. The normalized spacial score (nSPS) is 14.6. The van der Waals surface area contributed by atoms with Crippen LogP contribution in [0.5, 0.6) is 0 Å². The van der Waals surface area contributed by atoms with Gasteiger partial charge in [-0.3, -0.25) is 4.99 Å². The Hall–Kier alpha value is -2.28. The quantitative estimate of drug-likeness (QED) is 0.737. The Kier molecular flexibility index (Phi) is 2.38. The van der Waals surface area contributed by atoms with Crippen molar-refractivity contribution in [3.63, 3.8) is 0 Å². The Morgan fingerprint density at radius 1 is 1.47 bits per heavy atom. The van der Waals surface area contributed by atoms with E-state index in [1.165, 1.54) is 0 Å². The Balaban J connectivity index is 2.34. The zero-order chi connectivity index (χ0) is 10.7. The minimum Gasteiger partial charge on any atom is -0.384 e. The van der Waals surface area contributed by atoms with Crippen LogP contribution in [0, 0.1) is 11.3 Å². The van der Waals surface area contributed by atoms with E-state index in [9.17, 15) is 0 Å². The van der Waals surface area contributed by atoms with Gasteiger partial charge in [0, 0.05) is 11.9 Å². The van der Waals surface area contributed by atoms with Gasteiger partial charge in [0.05, 0.1) is 24.4 Å². The molecule has 2 N–H and O–H groups in total. The van der Waals surface area contributed by atoms with Gasteiger partial charge < -0.3 is 10.6 Å². The molecule has 0 aliphatic carbocycles. The number of benzene rings is 1. The summed E-state index contributed by atoms with van der Waals surface area (Å²) >= 11 is 0. The fourth-order valence-electron chi connectivity index (χ4n) is 1.43. The van der Waals surface area contributed by atoms with Gasteiger partial charge in [-0.05, 0) is 18.2 Å². The highest BCUT2D eigenvalue weighted by atomic mass is 15.2. The van der Waals surface area contributed by atoms with Crippen LogP contribution >= 0.6 is 0 Å². The molecule has 1 heterocycles. The van der Waals surface area contributed by atoms with Crippen molar-refractivity contribution in [3.05, 3.63) is 41.8 Å². The fraction of sp³-hybridized carbons (Fsp3) is 0.0909. The van der Waals surface area contributed by atoms with Crippen LogP contribution in [0.2, 0.25) is 0 Å². The van der Waals surface area contributed by atoms with E-state index in [2.05, 4.69) is 11.1 Å². The molecule has 0 unspecified atom stereocenters. The van der Waals surface area contributed by atoms with Crippen molar-refractivity contribution in [2.45, 2.75) is 0 Å². The lowest BCUT2D eigenvalue weighted by Gasteiger charge is -2.24. The average molecular weight is 198 g/mol. The highest BCUT2D eigenvalue weighted by Crippen LogP contribution is 2.19. The number of nitrogens with two attached hydrogens (primary N) is 1. The molecule has 1 aliphatic heterocycles. The average Bonchev–Trinajstić information content (AvgIpc) is 2.30. The summed E-state index contributed by atoms with van der Waals surface area (Å²) in [5, 5.41) is 8.79. The van der Waals surface area contributed by atoms with Crippen LogP contribution in [0.3, 0.4) is 0 Å². The molecule has 0 amide bonds. The van der Waals surface area contributed by atoms with E-state index in [4.69, 9.17) is 11.0 Å². The largest absolute Gasteiger partial charge is 0.384 e. The Labute approximate surface area is 87.9 Å². The highest BCUT2D eigenvalue weighted by molar-refractivity contribution is 5.71. The number of nitriles is 1. The Morgan fingerprint density at radius 3 is 3.07 bits per heavy atom. The molecule has 4 nitrogen and oxygen atoms in total. The van der Waals surface area contributed by atoms with E-state index in [1.54, 1.807) is 24.5 Å². The molecule has 0 fully saturated rings. The summed E-state index contributed by atoms with van der Waals surface area (Å²) in [5.74, 6) is 0.590. The van der Waals surface area contributed by atoms with E-state index >= 15 is 0 Å². The molecular formula is C11H10N4. The predicted molar refractivity (Wildman–Crippen MR) is 59.3 cm³/mol. The van der Waals surface area contributed by atoms with Gasteiger partial charge in [-0.2, -0.15) is 5.26 Å². The lowest BCUT2D eigenvalue weighted by molar-refractivity contribution is 0.990. The first-order valence-corrected chi connectivity index (χ1v) is 4.56. The van der Waals surface area contributed by atoms with Crippen molar-refractivity contribution in [2.24, 2.45) is 10.7 Å². The standard InChI is InChI=1S/C11H10N4/c12-7-9-2-1-3-10(6-9)15-5-4-14-8-11(15)13/h1-4,6,8H,5,13H2. The van der Waals surface area contributed by atoms with E-state index in [0.29, 0.717) is 17.9 Å². The van der Waals surface area contributed by atoms with Gasteiger partial charge in [-0.1, -0.05) is 6.07 Å². The van der Waals surface area contributed by atoms with Crippen LogP contribution in [0.25, 0.3) is 0 Å². The molecule has 74 valence electrons. The van der Waals surface area contributed by atoms with Gasteiger partial charge >= 0.3 is 0 Å². The summed E-state index contributed by atoms with van der Waals surface area (Å²) in [4.78, 5) is 5.85. The summed E-state index contributed by atoms with van der Waals surface area (Å²) in [7, 11) is 0. The maximum atomic E-state index is 8.79. The molecule has 0 atom stereocenters. The van der Waals surface area contributed by atoms with Gasteiger partial charge in [-0.15, -0.1) is 0 Å². The first kappa shape index (κ1) is 9.28. The first-order valence-electron chi connectivity index (χ1n) is 4.56. The topological polar surface area (TPSA) is 65.4 Å². The molecule has 2 rings (SSSR count). The van der Waals surface area contributed by atoms with Crippen molar-refractivity contribution < 1.29 is 0 Å². The molecule has 0 aromatic heterocycles. The summed E-state index contributed by atoms with van der Waals surface area (Å²) in [6.07, 6.45) is 3.37. The van der Waals surface area contributed by atoms with Crippen LogP contribution in [-0.4, -0.2) is 12.8 Å². The second-order valence-electron chi connectivity index (χ2n) is 3.16. The third kappa shape index (κ3) is 1.81. The van der Waals surface area contributed by atoms with Crippen molar-refractivity contribution in [2.75, 3.05) is 11.4 Å². The van der Waals surface area contributed by atoms with Crippen molar-refractivity contribution in [1.82, 2.24) is 0 Å². The van der Waals surface area contributed by atoms with E-state index < -0.39 is 0 Å². The maximum Gasteiger partial charge on any atom is 0.122 e. The zero-order valence-corrected chi connectivity index (χ0v) is 8.09. The van der Waals surface area contributed by atoms with Crippen LogP contribution < -0.4 is 10.6 Å². The number of aliphatic imine (C=N–C) groups is 1. The smallest absolute Gasteiger partial charge is 0.122 e. The second-order valence-corrected chi connectivity index (χ2v) is 3.16. The number of nitrogens with zero attached hydrogens (tertiary/aromatic N) is 3. The summed E-state index contributed by atoms with van der Waals surface area (Å²) in [6.45, 7) is 0.636. The Morgan fingerprint density at radius 2 is 2.33 bits per heavy atom. The molecular weight excluding hydrogens is 188 g/mol. The van der Waals surface area contributed by atoms with Crippen LogP contribution in [0.1, 0.15) is 5.56 Å². The summed E-state index contributed by atoms with van der Waals surface area (Å²) in [5.41, 5.74) is 7.33. The number of hydrogen-bond acceptors (Lipinski definition) is 4. The van der Waals surface area contributed by atoms with E-state index in [0.717, 1.165) is 5.69 Å². The van der Waals surface area contributed by atoms with E-state index in [-0.39, 0.29) is 0 Å². The van der Waals surface area contributed by atoms with Gasteiger partial charge in [0.15, 0.2) is 0 Å². The van der Waals surface area contributed by atoms with Crippen molar-refractivity contribution >= 4 is 11.9 Å². The zero-order valence-electron chi connectivity index (χ0n) is 8.09. The van der Waals surface area contributed by atoms with Crippen molar-refractivity contribution in [3.8, 4) is 6.07 Å². The van der Waals surface area contributed by atoms with Crippen LogP contribution in [-0.2, 0) is 0 Å². The van der Waals surface area contributed by atoms with Gasteiger partial charge in [0.1, 0.15) is 5.82 Å². The lowest BCUT2D eigenvalue weighted by Crippen LogP contribution is -2.31. The predicted octanol–water partition coefficient (Wildman–Crippen LogP) is 1.21. The molecule has 15 heavy (non-hydrogen) atoms. The number of hydrogen-bond donors (Lipinski definition) is 1. The maximum absolute atomic E-state index is 8.79. The summed E-state index contributed by atoms with van der Waals surface area (Å²) in [6, 6.07) is 9.43. The summed E-state index contributed by atoms with van der Waals surface area (Å²) < 4.78 is 0. The third-order valence-electron chi connectivity index (χ3n) is 2.18. The fourth-order valence-corrected chi connectivity index (χ4v) is 1.43. The van der Waals surface area contributed by atoms with Gasteiger partial charge in [-0.25, -0.2) is 0 Å². The molecule has 1 aliphatic rings. The highest BCUT2D eigenvalue weighted by Gasteiger charge is 2.10. The third-order valence-corrected chi connectivity index (χ3v) is 2.18. The molecule has 0 bridgehead atoms. The molecule has 4 heteroatoms. The second kappa shape index (κ2) is 3.84. The molecule has 1 aromatic carbocycles.